The summed E-state index contributed by atoms with van der Waals surface area (Å²) in [7, 11) is 2.04. The van der Waals surface area contributed by atoms with E-state index in [4.69, 9.17) is 10.8 Å². The van der Waals surface area contributed by atoms with Crippen molar-refractivity contribution >= 4 is 16.9 Å². The molecule has 2 aromatic rings. The average Bonchev–Trinajstić information content (AvgIpc) is 2.79. The number of nitrogens with two attached hydrogens (primary N) is 1. The van der Waals surface area contributed by atoms with Gasteiger partial charge in [-0.25, -0.2) is 0 Å². The molecule has 0 spiro atoms. The molecule has 3 N–H and O–H groups in total. The Morgan fingerprint density at radius 1 is 1.27 bits per heavy atom. The van der Waals surface area contributed by atoms with Crippen molar-refractivity contribution < 1.29 is 9.90 Å². The smallest absolute Gasteiger partial charge is 0.303 e. The van der Waals surface area contributed by atoms with E-state index in [0.717, 1.165) is 12.8 Å². The Hall–Kier alpha value is -1.81. The third kappa shape index (κ3) is 6.31. The van der Waals surface area contributed by atoms with E-state index >= 15 is 0 Å². The summed E-state index contributed by atoms with van der Waals surface area (Å²) in [5.41, 5.74) is 8.26. The first-order valence-corrected chi connectivity index (χ1v) is 7.69. The first kappa shape index (κ1) is 18.2. The molecule has 0 radical (unpaired) electrons. The molecule has 0 unspecified atom stereocenters. The average molecular weight is 304 g/mol. The minimum absolute atomic E-state index is 0.273. The van der Waals surface area contributed by atoms with Gasteiger partial charge in [0.25, 0.3) is 0 Å². The fourth-order valence-electron chi connectivity index (χ4n) is 2.20. The van der Waals surface area contributed by atoms with Crippen LogP contribution >= 0.6 is 0 Å². The third-order valence-electron chi connectivity index (χ3n) is 3.51. The molecule has 1 aromatic heterocycles. The van der Waals surface area contributed by atoms with Gasteiger partial charge < -0.3 is 15.4 Å². The van der Waals surface area contributed by atoms with E-state index in [1.165, 1.54) is 16.5 Å². The minimum Gasteiger partial charge on any atom is -0.481 e. The van der Waals surface area contributed by atoms with E-state index in [1.54, 1.807) is 0 Å². The standard InChI is InChI=1S/C10H12N2.C8H16O2/c1-12-5-4-9-3-2-8(7-11)6-10(9)12;1-8(2,3)6-4-5-7(9)10/h2-6H,7,11H2,1H3;4-6H2,1-3H3,(H,9,10). The Morgan fingerprint density at radius 2 is 1.95 bits per heavy atom. The first-order chi connectivity index (χ1) is 10.2. The van der Waals surface area contributed by atoms with Gasteiger partial charge in [0.05, 0.1) is 0 Å². The number of nitrogens with zero attached hydrogens (tertiary/aromatic N) is 1. The van der Waals surface area contributed by atoms with Gasteiger partial charge in [-0.3, -0.25) is 4.79 Å². The van der Waals surface area contributed by atoms with E-state index in [2.05, 4.69) is 55.8 Å². The van der Waals surface area contributed by atoms with Gasteiger partial charge in [0.1, 0.15) is 0 Å². The van der Waals surface area contributed by atoms with Crippen molar-refractivity contribution in [1.82, 2.24) is 4.57 Å². The number of hydrogen-bond donors (Lipinski definition) is 2. The molecule has 0 aliphatic carbocycles. The molecule has 2 rings (SSSR count). The van der Waals surface area contributed by atoms with E-state index in [0.29, 0.717) is 13.0 Å². The van der Waals surface area contributed by atoms with Gasteiger partial charge in [-0.15, -0.1) is 0 Å². The summed E-state index contributed by atoms with van der Waals surface area (Å²) < 4.78 is 2.11. The minimum atomic E-state index is -0.691. The Kier molecular flexibility index (Phi) is 6.62. The van der Waals surface area contributed by atoms with E-state index in [1.807, 2.05) is 7.05 Å². The van der Waals surface area contributed by atoms with Gasteiger partial charge in [0, 0.05) is 31.7 Å². The van der Waals surface area contributed by atoms with Gasteiger partial charge in [0.15, 0.2) is 0 Å². The molecular formula is C18H28N2O2. The van der Waals surface area contributed by atoms with Crippen LogP contribution in [-0.4, -0.2) is 15.6 Å². The van der Waals surface area contributed by atoms with Crippen LogP contribution in [0.3, 0.4) is 0 Å². The third-order valence-corrected chi connectivity index (χ3v) is 3.51. The lowest BCUT2D eigenvalue weighted by molar-refractivity contribution is -0.137. The second-order valence-corrected chi connectivity index (χ2v) is 6.83. The second kappa shape index (κ2) is 7.99. The molecule has 1 aromatic carbocycles. The summed E-state index contributed by atoms with van der Waals surface area (Å²) in [6.45, 7) is 6.97. The zero-order valence-electron chi connectivity index (χ0n) is 14.1. The molecule has 0 amide bonds. The SMILES string of the molecule is CC(C)(C)CCCC(=O)O.Cn1ccc2ccc(CN)cc21. The molecule has 4 heteroatoms. The number of rotatable bonds is 4. The van der Waals surface area contributed by atoms with E-state index < -0.39 is 5.97 Å². The highest BCUT2D eigenvalue weighted by Crippen LogP contribution is 2.21. The molecule has 0 fully saturated rings. The lowest BCUT2D eigenvalue weighted by Gasteiger charge is -2.16. The van der Waals surface area contributed by atoms with Crippen molar-refractivity contribution in [3.63, 3.8) is 0 Å². The number of carboxylic acids is 1. The zero-order chi connectivity index (χ0) is 16.8. The molecule has 22 heavy (non-hydrogen) atoms. The van der Waals surface area contributed by atoms with Gasteiger partial charge in [-0.2, -0.15) is 0 Å². The second-order valence-electron chi connectivity index (χ2n) is 6.83. The quantitative estimate of drug-likeness (QED) is 0.899. The normalized spacial score (nSPS) is 11.1. The highest BCUT2D eigenvalue weighted by molar-refractivity contribution is 5.80. The number of benzene rings is 1. The molecule has 0 aliphatic rings. The van der Waals surface area contributed by atoms with E-state index in [9.17, 15) is 4.79 Å². The van der Waals surface area contributed by atoms with Crippen molar-refractivity contribution in [2.45, 2.75) is 46.6 Å². The maximum absolute atomic E-state index is 10.1. The number of aromatic nitrogens is 1. The van der Waals surface area contributed by atoms with E-state index in [-0.39, 0.29) is 5.41 Å². The van der Waals surface area contributed by atoms with Crippen LogP contribution in [0.15, 0.2) is 30.5 Å². The number of aliphatic carboxylic acids is 1. The van der Waals surface area contributed by atoms with Crippen molar-refractivity contribution in [1.29, 1.82) is 0 Å². The van der Waals surface area contributed by atoms with Crippen LogP contribution in [0.5, 0.6) is 0 Å². The van der Waals surface area contributed by atoms with Crippen LogP contribution < -0.4 is 5.73 Å². The molecule has 0 bridgehead atoms. The number of aryl methyl sites for hydroxylation is 1. The molecule has 0 saturated heterocycles. The highest BCUT2D eigenvalue weighted by atomic mass is 16.4. The Bertz CT molecular complexity index is 609. The summed E-state index contributed by atoms with van der Waals surface area (Å²) >= 11 is 0. The highest BCUT2D eigenvalue weighted by Gasteiger charge is 2.09. The molecule has 1 heterocycles. The lowest BCUT2D eigenvalue weighted by atomic mass is 9.90. The Balaban J connectivity index is 0.000000225. The van der Waals surface area contributed by atoms with Gasteiger partial charge in [-0.05, 0) is 41.3 Å². The number of fused-ring (bicyclic) bond motifs is 1. The largest absolute Gasteiger partial charge is 0.481 e. The van der Waals surface area contributed by atoms with Crippen molar-refractivity contribution in [3.05, 3.63) is 36.0 Å². The van der Waals surface area contributed by atoms with Crippen LogP contribution in [0, 0.1) is 5.41 Å². The first-order valence-electron chi connectivity index (χ1n) is 7.69. The fourth-order valence-corrected chi connectivity index (χ4v) is 2.20. The van der Waals surface area contributed by atoms with Gasteiger partial charge in [-0.1, -0.05) is 32.9 Å². The number of hydrogen-bond acceptors (Lipinski definition) is 2. The summed E-state index contributed by atoms with van der Waals surface area (Å²) in [6, 6.07) is 8.42. The summed E-state index contributed by atoms with van der Waals surface area (Å²) in [5.74, 6) is -0.691. The van der Waals surface area contributed by atoms with Crippen LogP contribution in [0.25, 0.3) is 10.9 Å². The number of carbonyl (C=O) groups is 1. The molecule has 0 atom stereocenters. The Labute approximate surface area is 132 Å². The predicted molar refractivity (Wildman–Crippen MR) is 91.8 cm³/mol. The molecule has 0 saturated carbocycles. The van der Waals surface area contributed by atoms with Crippen molar-refractivity contribution in [3.8, 4) is 0 Å². The summed E-state index contributed by atoms with van der Waals surface area (Å²) in [5, 5.41) is 9.58. The van der Waals surface area contributed by atoms with Crippen LogP contribution in [0.2, 0.25) is 0 Å². The maximum atomic E-state index is 10.1. The van der Waals surface area contributed by atoms with Gasteiger partial charge in [0.2, 0.25) is 0 Å². The molecular weight excluding hydrogens is 276 g/mol. The maximum Gasteiger partial charge on any atom is 0.303 e. The molecule has 4 nitrogen and oxygen atoms in total. The fraction of sp³-hybridized carbons (Fsp3) is 0.500. The zero-order valence-corrected chi connectivity index (χ0v) is 14.1. The molecule has 122 valence electrons. The predicted octanol–water partition coefficient (Wildman–Crippen LogP) is 3.92. The van der Waals surface area contributed by atoms with Crippen molar-refractivity contribution in [2.75, 3.05) is 0 Å². The summed E-state index contributed by atoms with van der Waals surface area (Å²) in [4.78, 5) is 10.1. The topological polar surface area (TPSA) is 68.2 Å². The van der Waals surface area contributed by atoms with Crippen LogP contribution in [0.1, 0.15) is 45.6 Å². The summed E-state index contributed by atoms with van der Waals surface area (Å²) in [6.07, 6.45) is 4.14. The van der Waals surface area contributed by atoms with Gasteiger partial charge >= 0.3 is 5.97 Å². The Morgan fingerprint density at radius 3 is 2.50 bits per heavy atom. The molecule has 0 aliphatic heterocycles. The number of carboxylic acid groups (broad SMARTS) is 1. The van der Waals surface area contributed by atoms with Crippen LogP contribution in [0.4, 0.5) is 0 Å². The van der Waals surface area contributed by atoms with Crippen molar-refractivity contribution in [2.24, 2.45) is 18.2 Å². The van der Waals surface area contributed by atoms with Crippen LogP contribution in [-0.2, 0) is 18.4 Å². The monoisotopic (exact) mass is 304 g/mol. The lowest BCUT2D eigenvalue weighted by Crippen LogP contribution is -2.05.